The normalized spacial score (nSPS) is 18.5. The fraction of sp³-hybridized carbons (Fsp3) is 0.391. The fourth-order valence-corrected chi connectivity index (χ4v) is 5.36. The molecule has 1 spiro atoms. The maximum absolute atomic E-state index is 13.6. The molecule has 1 aromatic carbocycles. The van der Waals surface area contributed by atoms with E-state index in [1.165, 1.54) is 30.3 Å². The van der Waals surface area contributed by atoms with Gasteiger partial charge in [-0.05, 0) is 56.4 Å². The van der Waals surface area contributed by atoms with Crippen LogP contribution in [-0.2, 0) is 0 Å². The molecule has 2 aliphatic heterocycles. The molecule has 7 heteroatoms. The van der Waals surface area contributed by atoms with Gasteiger partial charge in [-0.3, -0.25) is 9.78 Å². The van der Waals surface area contributed by atoms with E-state index in [1.807, 2.05) is 19.4 Å². The predicted molar refractivity (Wildman–Crippen MR) is 122 cm³/mol. The van der Waals surface area contributed by atoms with E-state index in [1.54, 1.807) is 17.8 Å². The van der Waals surface area contributed by atoms with Gasteiger partial charge < -0.3 is 9.80 Å². The molecule has 4 rings (SSSR count). The lowest BCUT2D eigenvalue weighted by molar-refractivity contribution is 0.0869. The van der Waals surface area contributed by atoms with Crippen LogP contribution in [0.3, 0.4) is 0 Å². The van der Waals surface area contributed by atoms with Gasteiger partial charge in [0.1, 0.15) is 5.82 Å². The van der Waals surface area contributed by atoms with Crippen LogP contribution in [0.2, 0.25) is 5.02 Å². The molecule has 1 aromatic heterocycles. The summed E-state index contributed by atoms with van der Waals surface area (Å²) in [6, 6.07) is 8.15. The average Bonchev–Trinajstić information content (AvgIpc) is 2.69. The Balaban J connectivity index is 1.46. The van der Waals surface area contributed by atoms with E-state index >= 15 is 0 Å². The van der Waals surface area contributed by atoms with Crippen molar-refractivity contribution in [2.24, 2.45) is 5.41 Å². The molecule has 30 heavy (non-hydrogen) atoms. The van der Waals surface area contributed by atoms with Crippen molar-refractivity contribution in [2.45, 2.75) is 19.8 Å². The number of ketones is 1. The van der Waals surface area contributed by atoms with Crippen LogP contribution in [0.15, 0.2) is 47.6 Å². The summed E-state index contributed by atoms with van der Waals surface area (Å²) in [5.41, 5.74) is 2.78. The minimum Gasteiger partial charge on any atom is -0.370 e. The summed E-state index contributed by atoms with van der Waals surface area (Å²) in [4.78, 5) is 21.7. The summed E-state index contributed by atoms with van der Waals surface area (Å²) in [6.45, 7) is 5.90. The van der Waals surface area contributed by atoms with E-state index in [0.717, 1.165) is 43.3 Å². The Morgan fingerprint density at radius 2 is 2.07 bits per heavy atom. The number of aryl methyl sites for hydroxylation is 1. The first-order valence-electron chi connectivity index (χ1n) is 10.1. The number of carbonyl (C=O) groups excluding carboxylic acids is 1. The molecule has 0 unspecified atom stereocenters. The number of carbonyl (C=O) groups is 1. The number of nitrogens with zero attached hydrogens (tertiary/aromatic N) is 3. The minimum absolute atomic E-state index is 0.220. The van der Waals surface area contributed by atoms with E-state index in [-0.39, 0.29) is 21.8 Å². The van der Waals surface area contributed by atoms with Crippen molar-refractivity contribution in [1.82, 2.24) is 9.88 Å². The third-order valence-corrected chi connectivity index (χ3v) is 6.89. The van der Waals surface area contributed by atoms with Crippen LogP contribution in [0.5, 0.6) is 0 Å². The van der Waals surface area contributed by atoms with Gasteiger partial charge in [0.15, 0.2) is 5.78 Å². The van der Waals surface area contributed by atoms with Gasteiger partial charge in [0.25, 0.3) is 0 Å². The number of aromatic nitrogens is 1. The SMILES string of the molecule is CSC(=CC(=O)c1cc(F)cc(Cl)c1)N1CCCC2(C1)CN(c1ccnc(C)c1)C2. The molecular formula is C23H25ClFN3OS. The summed E-state index contributed by atoms with van der Waals surface area (Å²) in [5, 5.41) is 1.16. The Morgan fingerprint density at radius 3 is 2.77 bits per heavy atom. The van der Waals surface area contributed by atoms with Crippen molar-refractivity contribution >= 4 is 34.8 Å². The summed E-state index contributed by atoms with van der Waals surface area (Å²) in [6.07, 6.45) is 7.76. The van der Waals surface area contributed by atoms with Gasteiger partial charge in [-0.15, -0.1) is 11.8 Å². The average molecular weight is 446 g/mol. The molecule has 0 N–H and O–H groups in total. The van der Waals surface area contributed by atoms with E-state index < -0.39 is 5.82 Å². The molecule has 2 aliphatic rings. The minimum atomic E-state index is -0.497. The van der Waals surface area contributed by atoms with Gasteiger partial charge in [0.2, 0.25) is 0 Å². The summed E-state index contributed by atoms with van der Waals surface area (Å²) in [7, 11) is 0. The monoisotopic (exact) mass is 445 g/mol. The number of pyridine rings is 1. The highest BCUT2D eigenvalue weighted by Crippen LogP contribution is 2.43. The van der Waals surface area contributed by atoms with E-state index in [4.69, 9.17) is 11.6 Å². The van der Waals surface area contributed by atoms with Crippen LogP contribution >= 0.6 is 23.4 Å². The van der Waals surface area contributed by atoms with Gasteiger partial charge in [-0.1, -0.05) is 11.6 Å². The number of hydrogen-bond acceptors (Lipinski definition) is 5. The van der Waals surface area contributed by atoms with Crippen molar-refractivity contribution in [3.05, 3.63) is 69.7 Å². The number of anilines is 1. The number of halogens is 2. The first kappa shape index (κ1) is 21.2. The van der Waals surface area contributed by atoms with Crippen molar-refractivity contribution < 1.29 is 9.18 Å². The molecule has 0 bridgehead atoms. The second kappa shape index (κ2) is 8.60. The molecule has 0 aliphatic carbocycles. The lowest BCUT2D eigenvalue weighted by atomic mass is 9.73. The molecule has 2 aromatic rings. The van der Waals surface area contributed by atoms with Gasteiger partial charge >= 0.3 is 0 Å². The molecule has 0 saturated carbocycles. The lowest BCUT2D eigenvalue weighted by Gasteiger charge is -2.56. The number of piperidine rings is 1. The van der Waals surface area contributed by atoms with Crippen LogP contribution < -0.4 is 4.90 Å². The second-order valence-corrected chi connectivity index (χ2v) is 9.51. The number of likely N-dealkylation sites (tertiary alicyclic amines) is 1. The maximum atomic E-state index is 13.6. The number of thioether (sulfide) groups is 1. The number of hydrogen-bond donors (Lipinski definition) is 0. The largest absolute Gasteiger partial charge is 0.370 e. The summed E-state index contributed by atoms with van der Waals surface area (Å²) < 4.78 is 13.6. The summed E-state index contributed by atoms with van der Waals surface area (Å²) in [5.74, 6) is -0.717. The van der Waals surface area contributed by atoms with Crippen molar-refractivity contribution in [1.29, 1.82) is 0 Å². The molecule has 158 valence electrons. The van der Waals surface area contributed by atoms with Crippen molar-refractivity contribution in [2.75, 3.05) is 37.3 Å². The molecule has 0 atom stereocenters. The first-order valence-corrected chi connectivity index (χ1v) is 11.7. The molecule has 0 amide bonds. The first-order chi connectivity index (χ1) is 14.4. The van der Waals surface area contributed by atoms with Crippen molar-refractivity contribution in [3.8, 4) is 0 Å². The highest BCUT2D eigenvalue weighted by molar-refractivity contribution is 8.02. The van der Waals surface area contributed by atoms with Gasteiger partial charge in [0.05, 0.1) is 5.03 Å². The third kappa shape index (κ3) is 4.49. The Kier molecular flexibility index (Phi) is 6.07. The number of benzene rings is 1. The molecular weight excluding hydrogens is 421 g/mol. The zero-order chi connectivity index (χ0) is 21.3. The highest BCUT2D eigenvalue weighted by atomic mass is 35.5. The van der Waals surface area contributed by atoms with E-state index in [0.29, 0.717) is 0 Å². The Hall–Kier alpha value is -2.05. The van der Waals surface area contributed by atoms with Gasteiger partial charge in [-0.25, -0.2) is 4.39 Å². The van der Waals surface area contributed by atoms with Crippen molar-refractivity contribution in [3.63, 3.8) is 0 Å². The van der Waals surface area contributed by atoms with Crippen LogP contribution in [0.4, 0.5) is 10.1 Å². The highest BCUT2D eigenvalue weighted by Gasteiger charge is 2.46. The number of rotatable bonds is 5. The molecule has 0 radical (unpaired) electrons. The maximum Gasteiger partial charge on any atom is 0.188 e. The van der Waals surface area contributed by atoms with Crippen LogP contribution in [0.25, 0.3) is 0 Å². The number of allylic oxidation sites excluding steroid dienone is 1. The quantitative estimate of drug-likeness (QED) is 0.468. The lowest BCUT2D eigenvalue weighted by Crippen LogP contribution is -2.62. The Bertz CT molecular complexity index is 970. The van der Waals surface area contributed by atoms with Crippen LogP contribution in [-0.4, -0.2) is 48.1 Å². The zero-order valence-electron chi connectivity index (χ0n) is 17.2. The third-order valence-electron chi connectivity index (χ3n) is 5.88. The molecule has 3 heterocycles. The zero-order valence-corrected chi connectivity index (χ0v) is 18.8. The van der Waals surface area contributed by atoms with Crippen LogP contribution in [0.1, 0.15) is 28.9 Å². The predicted octanol–water partition coefficient (Wildman–Crippen LogP) is 5.17. The van der Waals surface area contributed by atoms with Gasteiger partial charge in [0, 0.05) is 65.8 Å². The smallest absolute Gasteiger partial charge is 0.188 e. The standard InChI is InChI=1S/C23H25ClFN3OS/c1-16-8-20(4-6-26-16)28-14-23(15-28)5-3-7-27(13-23)22(30-2)12-21(29)17-9-18(24)11-19(25)10-17/h4,6,8-12H,3,5,7,13-15H2,1-2H3. The molecule has 4 nitrogen and oxygen atoms in total. The summed E-state index contributed by atoms with van der Waals surface area (Å²) >= 11 is 7.47. The Morgan fingerprint density at radius 1 is 1.27 bits per heavy atom. The van der Waals surface area contributed by atoms with E-state index in [2.05, 4.69) is 26.9 Å². The van der Waals surface area contributed by atoms with Crippen LogP contribution in [0, 0.1) is 18.2 Å². The Labute approximate surface area is 186 Å². The fourth-order valence-electron chi connectivity index (χ4n) is 4.50. The second-order valence-electron chi connectivity index (χ2n) is 8.25. The van der Waals surface area contributed by atoms with Gasteiger partial charge in [-0.2, -0.15) is 0 Å². The van der Waals surface area contributed by atoms with E-state index in [9.17, 15) is 9.18 Å². The molecule has 2 fully saturated rings. The molecule has 2 saturated heterocycles. The topological polar surface area (TPSA) is 36.4 Å².